The molecule has 2 rings (SSSR count). The summed E-state index contributed by atoms with van der Waals surface area (Å²) in [4.78, 5) is 11.9. The second kappa shape index (κ2) is 7.34. The molecule has 5 heteroatoms. The van der Waals surface area contributed by atoms with Crippen LogP contribution in [0.3, 0.4) is 0 Å². The topological polar surface area (TPSA) is 38.3 Å². The molecule has 1 N–H and O–H groups in total. The van der Waals surface area contributed by atoms with Gasteiger partial charge in [0.05, 0.1) is 6.42 Å². The molecule has 0 spiro atoms. The van der Waals surface area contributed by atoms with E-state index in [1.807, 2.05) is 6.92 Å². The van der Waals surface area contributed by atoms with Crippen LogP contribution in [0.15, 0.2) is 48.5 Å². The van der Waals surface area contributed by atoms with Crippen molar-refractivity contribution in [2.24, 2.45) is 0 Å². The third-order valence-electron chi connectivity index (χ3n) is 2.75. The van der Waals surface area contributed by atoms with Crippen molar-refractivity contribution in [2.75, 3.05) is 5.32 Å². The minimum atomic E-state index is -0.238. The van der Waals surface area contributed by atoms with E-state index in [1.54, 1.807) is 48.5 Å². The third-order valence-corrected chi connectivity index (χ3v) is 3.26. The molecule has 110 valence electrons. The highest BCUT2D eigenvalue weighted by Crippen LogP contribution is 2.18. The zero-order valence-corrected chi connectivity index (χ0v) is 13.0. The van der Waals surface area contributed by atoms with Gasteiger partial charge in [0.1, 0.15) is 11.9 Å². The maximum atomic E-state index is 11.9. The Labute approximate surface area is 133 Å². The van der Waals surface area contributed by atoms with Crippen LogP contribution in [0, 0.1) is 0 Å². The highest BCUT2D eigenvalue weighted by Gasteiger charge is 2.11. The van der Waals surface area contributed by atoms with Crippen molar-refractivity contribution in [1.82, 2.24) is 0 Å². The van der Waals surface area contributed by atoms with E-state index >= 15 is 0 Å². The van der Waals surface area contributed by atoms with Crippen molar-refractivity contribution < 1.29 is 9.53 Å². The smallest absolute Gasteiger partial charge is 0.228 e. The van der Waals surface area contributed by atoms with Crippen LogP contribution < -0.4 is 10.1 Å². The van der Waals surface area contributed by atoms with Crippen LogP contribution in [-0.4, -0.2) is 12.0 Å². The Morgan fingerprint density at radius 1 is 1.05 bits per heavy atom. The van der Waals surface area contributed by atoms with E-state index < -0.39 is 0 Å². The Hall–Kier alpha value is -1.71. The molecule has 0 aliphatic carbocycles. The van der Waals surface area contributed by atoms with Crippen LogP contribution >= 0.6 is 23.2 Å². The minimum absolute atomic E-state index is 0.112. The predicted octanol–water partition coefficient (Wildman–Crippen LogP) is 4.79. The maximum Gasteiger partial charge on any atom is 0.228 e. The zero-order chi connectivity index (χ0) is 15.2. The number of hydrogen-bond donors (Lipinski definition) is 1. The largest absolute Gasteiger partial charge is 0.490 e. The summed E-state index contributed by atoms with van der Waals surface area (Å²) in [6.07, 6.45) is 0.0177. The van der Waals surface area contributed by atoms with Gasteiger partial charge in [-0.15, -0.1) is 0 Å². The number of benzene rings is 2. The van der Waals surface area contributed by atoms with Crippen LogP contribution in [0.4, 0.5) is 5.69 Å². The van der Waals surface area contributed by atoms with Crippen LogP contribution in [0.5, 0.6) is 5.75 Å². The quantitative estimate of drug-likeness (QED) is 0.859. The fraction of sp³-hybridized carbons (Fsp3) is 0.188. The lowest BCUT2D eigenvalue weighted by molar-refractivity contribution is -0.117. The molecular formula is C16H15Cl2NO2. The van der Waals surface area contributed by atoms with Gasteiger partial charge in [-0.25, -0.2) is 0 Å². The van der Waals surface area contributed by atoms with Gasteiger partial charge >= 0.3 is 0 Å². The first-order valence-corrected chi connectivity index (χ1v) is 7.26. The Morgan fingerprint density at radius 2 is 1.57 bits per heavy atom. The molecule has 0 fully saturated rings. The fourth-order valence-electron chi connectivity index (χ4n) is 1.79. The van der Waals surface area contributed by atoms with Crippen LogP contribution in [0.1, 0.15) is 13.3 Å². The van der Waals surface area contributed by atoms with E-state index in [-0.39, 0.29) is 18.4 Å². The first-order valence-electron chi connectivity index (χ1n) is 6.50. The van der Waals surface area contributed by atoms with Gasteiger partial charge in [-0.05, 0) is 55.5 Å². The van der Waals surface area contributed by atoms with Crippen molar-refractivity contribution in [2.45, 2.75) is 19.4 Å². The van der Waals surface area contributed by atoms with Gasteiger partial charge in [0, 0.05) is 15.7 Å². The van der Waals surface area contributed by atoms with Gasteiger partial charge < -0.3 is 10.1 Å². The molecule has 0 radical (unpaired) electrons. The summed E-state index contributed by atoms with van der Waals surface area (Å²) in [6, 6.07) is 14.0. The van der Waals surface area contributed by atoms with Crippen molar-refractivity contribution in [3.8, 4) is 5.75 Å². The lowest BCUT2D eigenvalue weighted by atomic mass is 10.2. The lowest BCUT2D eigenvalue weighted by Gasteiger charge is -2.14. The number of carbonyl (C=O) groups excluding carboxylic acids is 1. The Bertz CT molecular complexity index is 597. The second-order valence-electron chi connectivity index (χ2n) is 4.64. The molecule has 0 aliphatic heterocycles. The molecule has 2 aromatic rings. The van der Waals surface area contributed by atoms with E-state index in [9.17, 15) is 4.79 Å². The summed E-state index contributed by atoms with van der Waals surface area (Å²) >= 11 is 11.6. The summed E-state index contributed by atoms with van der Waals surface area (Å²) in [5.74, 6) is 0.574. The summed E-state index contributed by atoms with van der Waals surface area (Å²) in [5, 5.41) is 4.08. The van der Waals surface area contributed by atoms with Crippen molar-refractivity contribution in [3.63, 3.8) is 0 Å². The number of halogens is 2. The minimum Gasteiger partial charge on any atom is -0.490 e. The van der Waals surface area contributed by atoms with Gasteiger partial charge in [-0.3, -0.25) is 4.79 Å². The summed E-state index contributed by atoms with van der Waals surface area (Å²) < 4.78 is 5.66. The van der Waals surface area contributed by atoms with E-state index in [0.29, 0.717) is 21.5 Å². The van der Waals surface area contributed by atoms with Gasteiger partial charge in [0.15, 0.2) is 0 Å². The monoisotopic (exact) mass is 323 g/mol. The molecule has 3 nitrogen and oxygen atoms in total. The molecular weight excluding hydrogens is 309 g/mol. The fourth-order valence-corrected chi connectivity index (χ4v) is 2.05. The standard InChI is InChI=1S/C16H15Cl2NO2/c1-11(21-15-8-4-13(18)5-9-15)10-16(20)19-14-6-2-12(17)3-7-14/h2-9,11H,10H2,1H3,(H,19,20). The average Bonchev–Trinajstić information content (AvgIpc) is 2.44. The lowest BCUT2D eigenvalue weighted by Crippen LogP contribution is -2.22. The number of anilines is 1. The van der Waals surface area contributed by atoms with Crippen molar-refractivity contribution in [1.29, 1.82) is 0 Å². The number of nitrogens with one attached hydrogen (secondary N) is 1. The van der Waals surface area contributed by atoms with Gasteiger partial charge in [-0.1, -0.05) is 23.2 Å². The molecule has 1 atom stereocenters. The molecule has 0 saturated heterocycles. The zero-order valence-electron chi connectivity index (χ0n) is 11.5. The number of carbonyl (C=O) groups is 1. The molecule has 1 unspecified atom stereocenters. The Morgan fingerprint density at radius 3 is 2.14 bits per heavy atom. The predicted molar refractivity (Wildman–Crippen MR) is 86.2 cm³/mol. The molecule has 0 aromatic heterocycles. The molecule has 0 aliphatic rings. The molecule has 2 aromatic carbocycles. The normalized spacial score (nSPS) is 11.8. The van der Waals surface area contributed by atoms with Crippen LogP contribution in [-0.2, 0) is 4.79 Å². The van der Waals surface area contributed by atoms with E-state index in [2.05, 4.69) is 5.32 Å². The van der Waals surface area contributed by atoms with Crippen LogP contribution in [0.2, 0.25) is 10.0 Å². The highest BCUT2D eigenvalue weighted by atomic mass is 35.5. The van der Waals surface area contributed by atoms with E-state index in [1.165, 1.54) is 0 Å². The number of rotatable bonds is 5. The summed E-state index contributed by atoms with van der Waals surface area (Å²) in [5.41, 5.74) is 0.711. The Balaban J connectivity index is 1.84. The van der Waals surface area contributed by atoms with Crippen molar-refractivity contribution in [3.05, 3.63) is 58.6 Å². The number of hydrogen-bond acceptors (Lipinski definition) is 2. The first-order chi connectivity index (χ1) is 10.0. The first kappa shape index (κ1) is 15.7. The maximum absolute atomic E-state index is 11.9. The Kier molecular flexibility index (Phi) is 5.48. The highest BCUT2D eigenvalue weighted by molar-refractivity contribution is 6.30. The summed E-state index contributed by atoms with van der Waals surface area (Å²) in [7, 11) is 0. The molecule has 0 heterocycles. The van der Waals surface area contributed by atoms with Crippen LogP contribution in [0.25, 0.3) is 0 Å². The SMILES string of the molecule is CC(CC(=O)Nc1ccc(Cl)cc1)Oc1ccc(Cl)cc1. The van der Waals surface area contributed by atoms with Crippen molar-refractivity contribution >= 4 is 34.8 Å². The van der Waals surface area contributed by atoms with Gasteiger partial charge in [0.2, 0.25) is 5.91 Å². The second-order valence-corrected chi connectivity index (χ2v) is 5.51. The number of amides is 1. The van der Waals surface area contributed by atoms with Gasteiger partial charge in [-0.2, -0.15) is 0 Å². The van der Waals surface area contributed by atoms with Gasteiger partial charge in [0.25, 0.3) is 0 Å². The molecule has 21 heavy (non-hydrogen) atoms. The average molecular weight is 324 g/mol. The molecule has 1 amide bonds. The third kappa shape index (κ3) is 5.29. The molecule has 0 saturated carbocycles. The number of ether oxygens (including phenoxy) is 1. The molecule has 0 bridgehead atoms. The van der Waals surface area contributed by atoms with E-state index in [4.69, 9.17) is 27.9 Å². The summed E-state index contributed by atoms with van der Waals surface area (Å²) in [6.45, 7) is 1.84. The van der Waals surface area contributed by atoms with E-state index in [0.717, 1.165) is 0 Å².